The maximum atomic E-state index is 11.3. The maximum Gasteiger partial charge on any atom is 0.335 e. The summed E-state index contributed by atoms with van der Waals surface area (Å²) >= 11 is 0. The van der Waals surface area contributed by atoms with E-state index >= 15 is 0 Å². The Morgan fingerprint density at radius 1 is 1.42 bits per heavy atom. The van der Waals surface area contributed by atoms with Gasteiger partial charge in [0.25, 0.3) is 0 Å². The number of carboxylic acids is 1. The van der Waals surface area contributed by atoms with Gasteiger partial charge in [-0.1, -0.05) is 0 Å². The van der Waals surface area contributed by atoms with Crippen LogP contribution in [0.2, 0.25) is 0 Å². The predicted octanol–water partition coefficient (Wildman–Crippen LogP) is 2.48. The van der Waals surface area contributed by atoms with Crippen molar-refractivity contribution in [1.82, 2.24) is 4.57 Å². The van der Waals surface area contributed by atoms with Crippen LogP contribution in [0.15, 0.2) is 12.3 Å². The van der Waals surface area contributed by atoms with Crippen molar-refractivity contribution in [3.05, 3.63) is 34.5 Å². The fourth-order valence-electron chi connectivity index (χ4n) is 2.80. The molecule has 19 heavy (non-hydrogen) atoms. The molecule has 0 bridgehead atoms. The molecule has 0 fully saturated rings. The summed E-state index contributed by atoms with van der Waals surface area (Å²) in [4.78, 5) is 11.3. The molecule has 4 heteroatoms. The van der Waals surface area contributed by atoms with E-state index in [0.29, 0.717) is 12.1 Å². The molecule has 2 rings (SSSR count). The first kappa shape index (κ1) is 13.6. The van der Waals surface area contributed by atoms with Gasteiger partial charge < -0.3 is 15.4 Å². The summed E-state index contributed by atoms with van der Waals surface area (Å²) < 4.78 is 2.17. The summed E-state index contributed by atoms with van der Waals surface area (Å²) in [7, 11) is 0. The Morgan fingerprint density at radius 2 is 2.11 bits per heavy atom. The zero-order valence-corrected chi connectivity index (χ0v) is 11.7. The quantitative estimate of drug-likeness (QED) is 0.887. The molecule has 1 aromatic heterocycles. The smallest absolute Gasteiger partial charge is 0.335 e. The van der Waals surface area contributed by atoms with E-state index in [1.807, 2.05) is 13.8 Å². The van der Waals surface area contributed by atoms with Gasteiger partial charge in [-0.15, -0.1) is 0 Å². The van der Waals surface area contributed by atoms with Crippen molar-refractivity contribution in [3.63, 3.8) is 0 Å². The molecular formula is C15H20N2O2. The van der Waals surface area contributed by atoms with E-state index in [1.165, 1.54) is 0 Å². The number of rotatable bonds is 4. The lowest BCUT2D eigenvalue weighted by atomic mass is 9.97. The molecule has 0 aliphatic rings. The molecule has 0 aliphatic carbocycles. The van der Waals surface area contributed by atoms with Crippen LogP contribution >= 0.6 is 0 Å². The lowest BCUT2D eigenvalue weighted by molar-refractivity contribution is 0.0696. The second-order valence-corrected chi connectivity index (χ2v) is 4.87. The van der Waals surface area contributed by atoms with Gasteiger partial charge in [-0.05, 0) is 56.5 Å². The molecule has 102 valence electrons. The lowest BCUT2D eigenvalue weighted by Gasteiger charge is -2.09. The first-order chi connectivity index (χ1) is 9.01. The fraction of sp³-hybridized carbons (Fsp3) is 0.400. The molecule has 1 aromatic carbocycles. The lowest BCUT2D eigenvalue weighted by Crippen LogP contribution is -2.04. The predicted molar refractivity (Wildman–Crippen MR) is 76.8 cm³/mol. The molecule has 2 aromatic rings. The minimum atomic E-state index is -0.870. The van der Waals surface area contributed by atoms with Crippen molar-refractivity contribution in [2.75, 3.05) is 6.54 Å². The molecule has 0 unspecified atom stereocenters. The Balaban J connectivity index is 2.87. The molecular weight excluding hydrogens is 240 g/mol. The summed E-state index contributed by atoms with van der Waals surface area (Å²) in [6, 6.07) is 1.76. The zero-order chi connectivity index (χ0) is 14.2. The average Bonchev–Trinajstić information content (AvgIpc) is 2.73. The number of carboxylic acid groups (broad SMARTS) is 1. The topological polar surface area (TPSA) is 68.2 Å². The Kier molecular flexibility index (Phi) is 3.62. The van der Waals surface area contributed by atoms with E-state index in [0.717, 1.165) is 40.6 Å². The highest BCUT2D eigenvalue weighted by Gasteiger charge is 2.18. The first-order valence-electron chi connectivity index (χ1n) is 6.56. The van der Waals surface area contributed by atoms with Gasteiger partial charge in [0.05, 0.1) is 11.1 Å². The third kappa shape index (κ3) is 2.12. The van der Waals surface area contributed by atoms with E-state index < -0.39 is 5.97 Å². The van der Waals surface area contributed by atoms with Crippen molar-refractivity contribution in [1.29, 1.82) is 0 Å². The Bertz CT molecular complexity index is 641. The van der Waals surface area contributed by atoms with E-state index in [1.54, 1.807) is 6.07 Å². The Hall–Kier alpha value is -1.81. The number of aromatic carboxylic acids is 1. The van der Waals surface area contributed by atoms with Gasteiger partial charge in [-0.25, -0.2) is 4.79 Å². The highest BCUT2D eigenvalue weighted by atomic mass is 16.4. The second kappa shape index (κ2) is 5.05. The van der Waals surface area contributed by atoms with Gasteiger partial charge >= 0.3 is 5.97 Å². The van der Waals surface area contributed by atoms with Crippen LogP contribution in [0.5, 0.6) is 0 Å². The molecule has 0 radical (unpaired) electrons. The number of nitrogens with zero attached hydrogens (tertiary/aromatic N) is 1. The van der Waals surface area contributed by atoms with Crippen molar-refractivity contribution in [3.8, 4) is 0 Å². The fourth-order valence-corrected chi connectivity index (χ4v) is 2.80. The largest absolute Gasteiger partial charge is 0.478 e. The average molecular weight is 260 g/mol. The van der Waals surface area contributed by atoms with Crippen molar-refractivity contribution in [2.24, 2.45) is 5.73 Å². The van der Waals surface area contributed by atoms with Crippen LogP contribution in [0.25, 0.3) is 10.9 Å². The zero-order valence-electron chi connectivity index (χ0n) is 11.7. The van der Waals surface area contributed by atoms with Gasteiger partial charge in [-0.2, -0.15) is 0 Å². The number of nitrogens with two attached hydrogens (primary N) is 1. The maximum absolute atomic E-state index is 11.3. The summed E-state index contributed by atoms with van der Waals surface area (Å²) in [5.74, 6) is -0.870. The molecule has 0 aliphatic heterocycles. The van der Waals surface area contributed by atoms with E-state index in [9.17, 15) is 9.90 Å². The highest BCUT2D eigenvalue weighted by Crippen LogP contribution is 2.30. The van der Waals surface area contributed by atoms with Gasteiger partial charge in [0.1, 0.15) is 0 Å². The van der Waals surface area contributed by atoms with Crippen molar-refractivity contribution >= 4 is 16.9 Å². The molecule has 1 heterocycles. The number of aryl methyl sites for hydroxylation is 3. The van der Waals surface area contributed by atoms with Crippen LogP contribution in [-0.2, 0) is 13.0 Å². The van der Waals surface area contributed by atoms with Gasteiger partial charge in [0.2, 0.25) is 0 Å². The second-order valence-electron chi connectivity index (χ2n) is 4.87. The molecule has 0 saturated carbocycles. The first-order valence-corrected chi connectivity index (χ1v) is 6.56. The van der Waals surface area contributed by atoms with E-state index in [4.69, 9.17) is 5.73 Å². The summed E-state index contributed by atoms with van der Waals surface area (Å²) in [5, 5.41) is 10.4. The van der Waals surface area contributed by atoms with Gasteiger partial charge in [-0.3, -0.25) is 0 Å². The van der Waals surface area contributed by atoms with Crippen LogP contribution in [0.4, 0.5) is 0 Å². The molecule has 0 spiro atoms. The normalized spacial score (nSPS) is 11.2. The van der Waals surface area contributed by atoms with Gasteiger partial charge in [0, 0.05) is 18.1 Å². The third-order valence-corrected chi connectivity index (χ3v) is 3.65. The van der Waals surface area contributed by atoms with Crippen LogP contribution in [0, 0.1) is 13.8 Å². The molecule has 3 N–H and O–H groups in total. The van der Waals surface area contributed by atoms with Crippen LogP contribution in [-0.4, -0.2) is 22.2 Å². The summed E-state index contributed by atoms with van der Waals surface area (Å²) in [6.07, 6.45) is 2.87. The Labute approximate surface area is 112 Å². The van der Waals surface area contributed by atoms with Crippen molar-refractivity contribution < 1.29 is 9.90 Å². The van der Waals surface area contributed by atoms with Crippen LogP contribution in [0.3, 0.4) is 0 Å². The number of carbonyl (C=O) groups is 1. The highest BCUT2D eigenvalue weighted by molar-refractivity contribution is 5.99. The SMILES string of the molecule is CCn1cc(CCN)c2c(C)c(C(=O)O)cc(C)c21. The van der Waals surface area contributed by atoms with Crippen LogP contribution in [0.1, 0.15) is 34.0 Å². The monoisotopic (exact) mass is 260 g/mol. The summed E-state index contributed by atoms with van der Waals surface area (Å²) in [5.41, 5.74) is 10.2. The number of fused-ring (bicyclic) bond motifs is 1. The molecule has 4 nitrogen and oxygen atoms in total. The molecule has 0 saturated heterocycles. The third-order valence-electron chi connectivity index (χ3n) is 3.65. The minimum Gasteiger partial charge on any atom is -0.478 e. The number of hydrogen-bond acceptors (Lipinski definition) is 2. The van der Waals surface area contributed by atoms with Crippen LogP contribution < -0.4 is 5.73 Å². The van der Waals surface area contributed by atoms with E-state index in [-0.39, 0.29) is 0 Å². The molecule has 0 atom stereocenters. The minimum absolute atomic E-state index is 0.386. The number of hydrogen-bond donors (Lipinski definition) is 2. The van der Waals surface area contributed by atoms with Gasteiger partial charge in [0.15, 0.2) is 0 Å². The number of benzene rings is 1. The Morgan fingerprint density at radius 3 is 2.63 bits per heavy atom. The molecule has 0 amide bonds. The standard InChI is InChI=1S/C15H20N2O2/c1-4-17-8-11(5-6-16)13-10(3)12(15(18)19)7-9(2)14(13)17/h7-8H,4-6,16H2,1-3H3,(H,18,19). The van der Waals surface area contributed by atoms with Crippen molar-refractivity contribution in [2.45, 2.75) is 33.7 Å². The van der Waals surface area contributed by atoms with E-state index in [2.05, 4.69) is 17.7 Å². The summed E-state index contributed by atoms with van der Waals surface area (Å²) in [6.45, 7) is 7.37. The number of aromatic nitrogens is 1.